The molecule has 1 N–H and O–H groups in total. The van der Waals surface area contributed by atoms with E-state index in [4.69, 9.17) is 11.6 Å². The first-order valence-electron chi connectivity index (χ1n) is 7.32. The first-order valence-corrected chi connectivity index (χ1v) is 7.70. The van der Waals surface area contributed by atoms with E-state index in [-0.39, 0.29) is 11.9 Å². The van der Waals surface area contributed by atoms with E-state index in [0.29, 0.717) is 11.1 Å². The number of hydrogen-bond acceptors (Lipinski definition) is 1. The summed E-state index contributed by atoms with van der Waals surface area (Å²) < 4.78 is 13.1. The molecule has 0 spiro atoms. The van der Waals surface area contributed by atoms with Gasteiger partial charge >= 0.3 is 0 Å². The van der Waals surface area contributed by atoms with Crippen molar-refractivity contribution in [3.63, 3.8) is 0 Å². The van der Waals surface area contributed by atoms with Gasteiger partial charge < -0.3 is 5.32 Å². The molecule has 106 valence electrons. The highest BCUT2D eigenvalue weighted by Crippen LogP contribution is 2.30. The molecule has 0 saturated heterocycles. The van der Waals surface area contributed by atoms with Crippen LogP contribution in [0.5, 0.6) is 0 Å². The van der Waals surface area contributed by atoms with Gasteiger partial charge in [0.15, 0.2) is 0 Å². The summed E-state index contributed by atoms with van der Waals surface area (Å²) >= 11 is 6.13. The van der Waals surface area contributed by atoms with Crippen LogP contribution in [-0.4, -0.2) is 6.04 Å². The van der Waals surface area contributed by atoms with Crippen molar-refractivity contribution in [2.24, 2.45) is 5.92 Å². The van der Waals surface area contributed by atoms with Gasteiger partial charge in [-0.15, -0.1) is 0 Å². The van der Waals surface area contributed by atoms with E-state index in [9.17, 15) is 4.39 Å². The van der Waals surface area contributed by atoms with E-state index in [1.807, 2.05) is 0 Å². The fraction of sp³-hybridized carbons (Fsp3) is 0.625. The van der Waals surface area contributed by atoms with Gasteiger partial charge in [0.1, 0.15) is 5.82 Å². The van der Waals surface area contributed by atoms with E-state index in [0.717, 1.165) is 11.5 Å². The quantitative estimate of drug-likeness (QED) is 0.811. The van der Waals surface area contributed by atoms with E-state index < -0.39 is 0 Å². The Kier molecular flexibility index (Phi) is 5.23. The van der Waals surface area contributed by atoms with Crippen molar-refractivity contribution in [2.75, 3.05) is 0 Å². The largest absolute Gasteiger partial charge is 0.307 e. The third kappa shape index (κ3) is 3.70. The minimum Gasteiger partial charge on any atom is -0.307 e. The average molecular weight is 284 g/mol. The summed E-state index contributed by atoms with van der Waals surface area (Å²) in [5, 5.41) is 4.21. The Balaban J connectivity index is 2.05. The van der Waals surface area contributed by atoms with E-state index in [1.165, 1.54) is 44.2 Å². The minimum absolute atomic E-state index is 0.172. The zero-order valence-corrected chi connectivity index (χ0v) is 12.5. The minimum atomic E-state index is -0.273. The van der Waals surface area contributed by atoms with Gasteiger partial charge in [0.2, 0.25) is 0 Å². The van der Waals surface area contributed by atoms with E-state index in [1.54, 1.807) is 6.07 Å². The van der Waals surface area contributed by atoms with Crippen LogP contribution in [0.15, 0.2) is 18.2 Å². The van der Waals surface area contributed by atoms with Gasteiger partial charge in [-0.3, -0.25) is 0 Å². The number of hydrogen-bond donors (Lipinski definition) is 1. The summed E-state index contributed by atoms with van der Waals surface area (Å²) in [6.45, 7) is 4.38. The lowest BCUT2D eigenvalue weighted by Crippen LogP contribution is -2.39. The Morgan fingerprint density at radius 1 is 1.37 bits per heavy atom. The fourth-order valence-corrected chi connectivity index (χ4v) is 3.51. The Morgan fingerprint density at radius 3 is 2.79 bits per heavy atom. The second-order valence-electron chi connectivity index (χ2n) is 5.61. The molecule has 0 bridgehead atoms. The summed E-state index contributed by atoms with van der Waals surface area (Å²) in [5.74, 6) is 0.487. The van der Waals surface area contributed by atoms with Crippen molar-refractivity contribution in [1.29, 1.82) is 0 Å². The van der Waals surface area contributed by atoms with Crippen LogP contribution >= 0.6 is 11.6 Å². The van der Waals surface area contributed by atoms with Crippen molar-refractivity contribution < 1.29 is 4.39 Å². The molecule has 1 aliphatic carbocycles. The van der Waals surface area contributed by atoms with Gasteiger partial charge in [0.25, 0.3) is 0 Å². The lowest BCUT2D eigenvalue weighted by molar-refractivity contribution is 0.240. The summed E-state index contributed by atoms with van der Waals surface area (Å²) in [4.78, 5) is 0. The lowest BCUT2D eigenvalue weighted by atomic mass is 9.82. The molecular weight excluding hydrogens is 261 g/mol. The van der Waals surface area contributed by atoms with E-state index >= 15 is 0 Å². The predicted octanol–water partition coefficient (Wildman–Crippen LogP) is 5.10. The van der Waals surface area contributed by atoms with Crippen LogP contribution < -0.4 is 5.32 Å². The van der Waals surface area contributed by atoms with Crippen LogP contribution in [0.3, 0.4) is 0 Å². The molecule has 0 heterocycles. The Hall–Kier alpha value is -0.600. The molecule has 1 nitrogen and oxygen atoms in total. The SMILES string of the molecule is CCC1CCCCC1NC(C)c1ccc(F)cc1Cl. The molecule has 0 amide bonds. The van der Waals surface area contributed by atoms with Gasteiger partial charge in [-0.05, 0) is 43.4 Å². The van der Waals surface area contributed by atoms with Gasteiger partial charge in [0.05, 0.1) is 0 Å². The molecule has 2 rings (SSSR count). The van der Waals surface area contributed by atoms with Gasteiger partial charge in [-0.25, -0.2) is 4.39 Å². The maximum Gasteiger partial charge on any atom is 0.124 e. The van der Waals surface area contributed by atoms with Crippen molar-refractivity contribution in [1.82, 2.24) is 5.32 Å². The summed E-state index contributed by atoms with van der Waals surface area (Å²) in [7, 11) is 0. The number of rotatable bonds is 4. The highest BCUT2D eigenvalue weighted by atomic mass is 35.5. The van der Waals surface area contributed by atoms with Gasteiger partial charge in [-0.1, -0.05) is 43.9 Å². The number of nitrogens with one attached hydrogen (secondary N) is 1. The lowest BCUT2D eigenvalue weighted by Gasteiger charge is -2.34. The van der Waals surface area contributed by atoms with Crippen LogP contribution in [0.4, 0.5) is 4.39 Å². The van der Waals surface area contributed by atoms with Crippen LogP contribution in [0.25, 0.3) is 0 Å². The van der Waals surface area contributed by atoms with Crippen molar-refractivity contribution in [3.05, 3.63) is 34.6 Å². The van der Waals surface area contributed by atoms with Crippen LogP contribution in [-0.2, 0) is 0 Å². The van der Waals surface area contributed by atoms with E-state index in [2.05, 4.69) is 19.2 Å². The zero-order valence-electron chi connectivity index (χ0n) is 11.8. The highest BCUT2D eigenvalue weighted by molar-refractivity contribution is 6.31. The summed E-state index contributed by atoms with van der Waals surface area (Å²) in [6.07, 6.45) is 6.43. The third-order valence-corrected chi connectivity index (χ3v) is 4.65. The van der Waals surface area contributed by atoms with Crippen molar-refractivity contribution in [2.45, 2.75) is 58.0 Å². The van der Waals surface area contributed by atoms with Crippen LogP contribution in [0.1, 0.15) is 57.6 Å². The normalized spacial score (nSPS) is 25.3. The molecule has 0 aliphatic heterocycles. The fourth-order valence-electron chi connectivity index (χ4n) is 3.18. The van der Waals surface area contributed by atoms with Gasteiger partial charge in [-0.2, -0.15) is 0 Å². The molecule has 1 aliphatic rings. The third-order valence-electron chi connectivity index (χ3n) is 4.33. The maximum absolute atomic E-state index is 13.1. The average Bonchev–Trinajstić information content (AvgIpc) is 2.39. The molecule has 1 aromatic rings. The second-order valence-corrected chi connectivity index (χ2v) is 6.02. The van der Waals surface area contributed by atoms with Crippen LogP contribution in [0, 0.1) is 11.7 Å². The molecule has 3 unspecified atom stereocenters. The molecule has 3 atom stereocenters. The second kappa shape index (κ2) is 6.71. The Bertz CT molecular complexity index is 421. The monoisotopic (exact) mass is 283 g/mol. The highest BCUT2D eigenvalue weighted by Gasteiger charge is 2.25. The molecular formula is C16H23ClFN. The molecule has 1 fully saturated rings. The molecule has 0 radical (unpaired) electrons. The van der Waals surface area contributed by atoms with Gasteiger partial charge in [0, 0.05) is 17.1 Å². The zero-order chi connectivity index (χ0) is 13.8. The standard InChI is InChI=1S/C16H23ClFN/c1-3-12-6-4-5-7-16(12)19-11(2)14-9-8-13(18)10-15(14)17/h8-12,16,19H,3-7H2,1-2H3. The molecule has 1 aromatic carbocycles. The molecule has 0 aromatic heterocycles. The van der Waals surface area contributed by atoms with Crippen molar-refractivity contribution >= 4 is 11.6 Å². The summed E-state index contributed by atoms with van der Waals surface area (Å²) in [6, 6.07) is 5.41. The first-order chi connectivity index (χ1) is 9.11. The molecule has 3 heteroatoms. The topological polar surface area (TPSA) is 12.0 Å². The number of halogens is 2. The van der Waals surface area contributed by atoms with Crippen molar-refractivity contribution in [3.8, 4) is 0 Å². The Labute approximate surface area is 120 Å². The summed E-state index contributed by atoms with van der Waals surface area (Å²) in [5.41, 5.74) is 0.989. The van der Waals surface area contributed by atoms with Crippen LogP contribution in [0.2, 0.25) is 5.02 Å². The number of benzene rings is 1. The maximum atomic E-state index is 13.1. The smallest absolute Gasteiger partial charge is 0.124 e. The molecule has 19 heavy (non-hydrogen) atoms. The first kappa shape index (κ1) is 14.8. The Morgan fingerprint density at radius 2 is 2.11 bits per heavy atom. The predicted molar refractivity (Wildman–Crippen MR) is 79.0 cm³/mol. The molecule has 1 saturated carbocycles.